The molecular weight excluding hydrogens is 278 g/mol. The van der Waals surface area contributed by atoms with Crippen molar-refractivity contribution in [3.05, 3.63) is 29.8 Å². The zero-order valence-electron chi connectivity index (χ0n) is 11.3. The number of hydrogen-bond acceptors (Lipinski definition) is 6. The molecule has 0 radical (unpaired) electrons. The predicted molar refractivity (Wildman–Crippen MR) is 74.2 cm³/mol. The van der Waals surface area contributed by atoms with Gasteiger partial charge in [-0.25, -0.2) is 0 Å². The quantitative estimate of drug-likeness (QED) is 0.291. The van der Waals surface area contributed by atoms with Crippen LogP contribution in [0.3, 0.4) is 0 Å². The number of benzene rings is 1. The fraction of sp³-hybridized carbons (Fsp3) is 0.308. The molecule has 8 heteroatoms. The number of nitrogens with two attached hydrogens (primary N) is 1. The summed E-state index contributed by atoms with van der Waals surface area (Å²) in [5, 5.41) is 12.7. The van der Waals surface area contributed by atoms with E-state index in [0.29, 0.717) is 0 Å². The monoisotopic (exact) mass is 295 g/mol. The van der Waals surface area contributed by atoms with Crippen LogP contribution < -0.4 is 16.4 Å². The minimum atomic E-state index is -1.08. The van der Waals surface area contributed by atoms with E-state index in [1.54, 1.807) is 12.1 Å². The smallest absolute Gasteiger partial charge is 0.316 e. The first-order chi connectivity index (χ1) is 10.1. The van der Waals surface area contributed by atoms with Crippen LogP contribution in [0.5, 0.6) is 0 Å². The molecule has 3 amide bonds. The second-order valence-electron chi connectivity index (χ2n) is 3.96. The highest BCUT2D eigenvalue weighted by Crippen LogP contribution is 2.09. The molecule has 0 aliphatic carbocycles. The maximum absolute atomic E-state index is 11.8. The van der Waals surface area contributed by atoms with Gasteiger partial charge in [-0.15, -0.1) is 0 Å². The minimum Gasteiger partial charge on any atom is -0.398 e. The number of carbonyl (C=O) groups is 3. The molecule has 0 fully saturated rings. The van der Waals surface area contributed by atoms with Crippen LogP contribution >= 0.6 is 0 Å². The standard InChI is InChI=1S/C13H17N3O5/c14-10-4-2-1-3-9(10)11(18)16-13(20)12(19)15-5-7-21-8-6-17/h1-4,17H,5-8,14H2,(H,15,19)(H,16,18,20). The average molecular weight is 295 g/mol. The van der Waals surface area contributed by atoms with Crippen molar-refractivity contribution < 1.29 is 24.2 Å². The van der Waals surface area contributed by atoms with E-state index in [-0.39, 0.29) is 37.6 Å². The van der Waals surface area contributed by atoms with Crippen LogP contribution in [-0.4, -0.2) is 49.2 Å². The van der Waals surface area contributed by atoms with Crippen molar-refractivity contribution in [2.24, 2.45) is 0 Å². The summed E-state index contributed by atoms with van der Waals surface area (Å²) >= 11 is 0. The van der Waals surface area contributed by atoms with Gasteiger partial charge in [0.15, 0.2) is 0 Å². The van der Waals surface area contributed by atoms with Gasteiger partial charge in [0.2, 0.25) is 0 Å². The summed E-state index contributed by atoms with van der Waals surface area (Å²) in [4.78, 5) is 34.7. The number of anilines is 1. The molecule has 0 aliphatic heterocycles. The summed E-state index contributed by atoms with van der Waals surface area (Å²) in [5.74, 6) is -2.78. The second kappa shape index (κ2) is 8.67. The Labute approximate surface area is 121 Å². The molecule has 0 saturated heterocycles. The van der Waals surface area contributed by atoms with E-state index in [9.17, 15) is 14.4 Å². The third-order valence-corrected chi connectivity index (χ3v) is 2.41. The molecule has 1 aromatic rings. The molecule has 0 saturated carbocycles. The van der Waals surface area contributed by atoms with Gasteiger partial charge in [-0.3, -0.25) is 19.7 Å². The van der Waals surface area contributed by atoms with E-state index < -0.39 is 17.7 Å². The summed E-state index contributed by atoms with van der Waals surface area (Å²) in [6, 6.07) is 6.19. The number of aliphatic hydroxyl groups excluding tert-OH is 1. The lowest BCUT2D eigenvalue weighted by Gasteiger charge is -2.07. The van der Waals surface area contributed by atoms with Crippen LogP contribution in [0, 0.1) is 0 Å². The van der Waals surface area contributed by atoms with E-state index in [2.05, 4.69) is 5.32 Å². The Kier molecular flexibility index (Phi) is 6.85. The normalized spacial score (nSPS) is 9.95. The highest BCUT2D eigenvalue weighted by Gasteiger charge is 2.18. The highest BCUT2D eigenvalue weighted by molar-refractivity contribution is 6.38. The Bertz CT molecular complexity index is 518. The number of aliphatic hydroxyl groups is 1. The fourth-order valence-electron chi connectivity index (χ4n) is 1.41. The second-order valence-corrected chi connectivity index (χ2v) is 3.96. The van der Waals surface area contributed by atoms with Crippen molar-refractivity contribution in [3.63, 3.8) is 0 Å². The Morgan fingerprint density at radius 2 is 1.86 bits per heavy atom. The lowest BCUT2D eigenvalue weighted by molar-refractivity contribution is -0.138. The average Bonchev–Trinajstić information content (AvgIpc) is 2.47. The van der Waals surface area contributed by atoms with E-state index in [0.717, 1.165) is 0 Å². The highest BCUT2D eigenvalue weighted by atomic mass is 16.5. The Balaban J connectivity index is 2.40. The molecule has 8 nitrogen and oxygen atoms in total. The number of amides is 3. The van der Waals surface area contributed by atoms with Crippen molar-refractivity contribution >= 4 is 23.4 Å². The van der Waals surface area contributed by atoms with Gasteiger partial charge in [-0.05, 0) is 12.1 Å². The first-order valence-electron chi connectivity index (χ1n) is 6.23. The van der Waals surface area contributed by atoms with Crippen molar-refractivity contribution in [2.75, 3.05) is 32.1 Å². The summed E-state index contributed by atoms with van der Waals surface area (Å²) in [6.45, 7) is 0.266. The molecule has 0 unspecified atom stereocenters. The van der Waals surface area contributed by atoms with Gasteiger partial charge in [0.05, 0.1) is 25.4 Å². The van der Waals surface area contributed by atoms with Gasteiger partial charge in [0.25, 0.3) is 5.91 Å². The maximum Gasteiger partial charge on any atom is 0.316 e. The lowest BCUT2D eigenvalue weighted by atomic mass is 10.1. The van der Waals surface area contributed by atoms with Gasteiger partial charge < -0.3 is 20.9 Å². The van der Waals surface area contributed by atoms with Crippen molar-refractivity contribution in [1.82, 2.24) is 10.6 Å². The van der Waals surface area contributed by atoms with E-state index in [1.807, 2.05) is 5.32 Å². The van der Waals surface area contributed by atoms with Crippen molar-refractivity contribution in [1.29, 1.82) is 0 Å². The predicted octanol–water partition coefficient (Wildman–Crippen LogP) is -1.35. The van der Waals surface area contributed by atoms with Gasteiger partial charge in [0, 0.05) is 12.2 Å². The molecule has 0 aliphatic rings. The lowest BCUT2D eigenvalue weighted by Crippen LogP contribution is -2.43. The fourth-order valence-corrected chi connectivity index (χ4v) is 1.41. The molecule has 1 rings (SSSR count). The number of rotatable bonds is 6. The summed E-state index contributed by atoms with van der Waals surface area (Å²) in [6.07, 6.45) is 0. The van der Waals surface area contributed by atoms with Gasteiger partial charge in [0.1, 0.15) is 0 Å². The summed E-state index contributed by atoms with van der Waals surface area (Å²) in [7, 11) is 0. The van der Waals surface area contributed by atoms with Crippen molar-refractivity contribution in [2.45, 2.75) is 0 Å². The molecule has 0 aromatic heterocycles. The Morgan fingerprint density at radius 3 is 2.52 bits per heavy atom. The number of carbonyl (C=O) groups excluding carboxylic acids is 3. The zero-order chi connectivity index (χ0) is 15.7. The van der Waals surface area contributed by atoms with Crippen LogP contribution in [0.4, 0.5) is 5.69 Å². The SMILES string of the molecule is Nc1ccccc1C(=O)NC(=O)C(=O)NCCOCCO. The molecule has 0 spiro atoms. The van der Waals surface area contributed by atoms with E-state index >= 15 is 0 Å². The molecule has 21 heavy (non-hydrogen) atoms. The molecule has 0 atom stereocenters. The number of ether oxygens (including phenoxy) is 1. The van der Waals surface area contributed by atoms with E-state index in [4.69, 9.17) is 15.6 Å². The van der Waals surface area contributed by atoms with E-state index in [1.165, 1.54) is 12.1 Å². The Morgan fingerprint density at radius 1 is 1.14 bits per heavy atom. The summed E-state index contributed by atoms with van der Waals surface area (Å²) in [5.41, 5.74) is 5.91. The number of nitrogens with one attached hydrogen (secondary N) is 2. The van der Waals surface area contributed by atoms with Gasteiger partial charge in [-0.2, -0.15) is 0 Å². The zero-order valence-corrected chi connectivity index (χ0v) is 11.3. The van der Waals surface area contributed by atoms with Gasteiger partial charge in [-0.1, -0.05) is 12.1 Å². The van der Waals surface area contributed by atoms with Crippen LogP contribution in [0.25, 0.3) is 0 Å². The number of nitrogen functional groups attached to an aromatic ring is 1. The maximum atomic E-state index is 11.8. The largest absolute Gasteiger partial charge is 0.398 e. The number of hydrogen-bond donors (Lipinski definition) is 4. The molecule has 0 bridgehead atoms. The summed E-state index contributed by atoms with van der Waals surface area (Å²) < 4.78 is 4.90. The van der Waals surface area contributed by atoms with Crippen LogP contribution in [0.1, 0.15) is 10.4 Å². The number of imide groups is 1. The number of para-hydroxylation sites is 1. The van der Waals surface area contributed by atoms with Crippen LogP contribution in [0.2, 0.25) is 0 Å². The third-order valence-electron chi connectivity index (χ3n) is 2.41. The van der Waals surface area contributed by atoms with Crippen LogP contribution in [0.15, 0.2) is 24.3 Å². The third kappa shape index (κ3) is 5.59. The van der Waals surface area contributed by atoms with Crippen molar-refractivity contribution in [3.8, 4) is 0 Å². The molecular formula is C13H17N3O5. The first-order valence-corrected chi connectivity index (χ1v) is 6.23. The van der Waals surface area contributed by atoms with Gasteiger partial charge >= 0.3 is 11.8 Å². The molecule has 1 aromatic carbocycles. The first kappa shape index (κ1) is 16.6. The van der Waals surface area contributed by atoms with Crippen LogP contribution in [-0.2, 0) is 14.3 Å². The topological polar surface area (TPSA) is 131 Å². The molecule has 114 valence electrons. The molecule has 0 heterocycles. The Hall–Kier alpha value is -2.45. The minimum absolute atomic E-state index is 0.0912. The molecule has 5 N–H and O–H groups in total.